The van der Waals surface area contributed by atoms with Crippen molar-refractivity contribution >= 4 is 49.8 Å². The maximum Gasteiger partial charge on any atom is 0.143 e. The molecule has 1 atom stereocenters. The van der Waals surface area contributed by atoms with E-state index in [1.807, 2.05) is 0 Å². The number of anilines is 3. The summed E-state index contributed by atoms with van der Waals surface area (Å²) in [6.07, 6.45) is 0. The van der Waals surface area contributed by atoms with E-state index in [2.05, 4.69) is 268 Å². The zero-order valence-corrected chi connectivity index (χ0v) is 39.9. The summed E-state index contributed by atoms with van der Waals surface area (Å²) in [6, 6.07) is 89.4. The molecular formula is C69H49NO. The largest absolute Gasteiger partial charge is 0.455 e. The van der Waals surface area contributed by atoms with Gasteiger partial charge >= 0.3 is 0 Å². The van der Waals surface area contributed by atoms with Gasteiger partial charge in [0.25, 0.3) is 0 Å². The van der Waals surface area contributed by atoms with Gasteiger partial charge < -0.3 is 9.32 Å². The molecule has 336 valence electrons. The van der Waals surface area contributed by atoms with Gasteiger partial charge in [-0.1, -0.05) is 202 Å². The summed E-state index contributed by atoms with van der Waals surface area (Å²) in [4.78, 5) is 2.40. The lowest BCUT2D eigenvalue weighted by atomic mass is 9.74. The minimum Gasteiger partial charge on any atom is -0.455 e. The summed E-state index contributed by atoms with van der Waals surface area (Å²) < 4.78 is 6.66. The Labute approximate surface area is 414 Å². The lowest BCUT2D eigenvalue weighted by Crippen LogP contribution is -2.22. The fourth-order valence-corrected chi connectivity index (χ4v) is 12.5. The highest BCUT2D eigenvalue weighted by atomic mass is 16.3. The molecule has 0 N–H and O–H groups in total. The van der Waals surface area contributed by atoms with Crippen molar-refractivity contribution in [3.05, 3.63) is 270 Å². The number of furan rings is 1. The van der Waals surface area contributed by atoms with E-state index in [1.54, 1.807) is 0 Å². The van der Waals surface area contributed by atoms with Gasteiger partial charge in [-0.2, -0.15) is 0 Å². The monoisotopic (exact) mass is 907 g/mol. The molecule has 1 unspecified atom stereocenters. The zero-order chi connectivity index (χ0) is 47.4. The third-order valence-electron chi connectivity index (χ3n) is 15.9. The van der Waals surface area contributed by atoms with Crippen LogP contribution in [0.1, 0.15) is 48.6 Å². The van der Waals surface area contributed by atoms with Crippen LogP contribution in [0.3, 0.4) is 0 Å². The fourth-order valence-electron chi connectivity index (χ4n) is 12.5. The lowest BCUT2D eigenvalue weighted by molar-refractivity contribution is 0.662. The lowest BCUT2D eigenvalue weighted by Gasteiger charge is -2.29. The Balaban J connectivity index is 0.889. The second-order valence-electron chi connectivity index (χ2n) is 20.1. The zero-order valence-electron chi connectivity index (χ0n) is 39.9. The summed E-state index contributed by atoms with van der Waals surface area (Å²) in [5.41, 5.74) is 23.9. The van der Waals surface area contributed by atoms with Crippen molar-refractivity contribution in [1.82, 2.24) is 0 Å². The van der Waals surface area contributed by atoms with Gasteiger partial charge in [-0.3, -0.25) is 0 Å². The van der Waals surface area contributed by atoms with Gasteiger partial charge in [0.15, 0.2) is 0 Å². The molecule has 0 spiro atoms. The Kier molecular flexibility index (Phi) is 9.10. The molecule has 11 aromatic carbocycles. The highest BCUT2D eigenvalue weighted by Gasteiger charge is 2.41. The van der Waals surface area contributed by atoms with Crippen LogP contribution in [0.5, 0.6) is 0 Å². The van der Waals surface area contributed by atoms with Crippen LogP contribution in [0.25, 0.3) is 88.3 Å². The van der Waals surface area contributed by atoms with Crippen LogP contribution in [0, 0.1) is 0 Å². The van der Waals surface area contributed by atoms with Crippen molar-refractivity contribution in [2.24, 2.45) is 0 Å². The summed E-state index contributed by atoms with van der Waals surface area (Å²) in [7, 11) is 0. The molecule has 0 fully saturated rings. The second kappa shape index (κ2) is 15.7. The first-order valence-electron chi connectivity index (χ1n) is 24.8. The van der Waals surface area contributed by atoms with E-state index >= 15 is 0 Å². The quantitative estimate of drug-likeness (QED) is 0.158. The fraction of sp³-hybridized carbons (Fsp3) is 0.0725. The molecule has 1 aromatic heterocycles. The topological polar surface area (TPSA) is 16.4 Å². The van der Waals surface area contributed by atoms with Crippen molar-refractivity contribution in [2.75, 3.05) is 4.90 Å². The van der Waals surface area contributed by atoms with Gasteiger partial charge in [0.05, 0.1) is 0 Å². The van der Waals surface area contributed by atoms with E-state index in [0.29, 0.717) is 0 Å². The van der Waals surface area contributed by atoms with E-state index in [4.69, 9.17) is 4.42 Å². The van der Waals surface area contributed by atoms with Crippen molar-refractivity contribution in [3.8, 4) is 55.6 Å². The van der Waals surface area contributed by atoms with Gasteiger partial charge in [0.1, 0.15) is 11.2 Å². The molecule has 0 saturated heterocycles. The normalized spacial score (nSPS) is 15.1. The van der Waals surface area contributed by atoms with E-state index in [0.717, 1.165) is 55.5 Å². The standard InChI is InChI=1S/C69H49NO/c1-68(2)61-27-11-9-23-57(61)59-26-14-25-54(66(59)68)46-32-38-51(39-33-46)70(52-20-13-17-48(42-52)53-24-15-29-64-65(53)60-41-34-45-16-7-8-21-55(45)67(60)71-64)50-36-30-44(31-37-50)47-35-40-58-56-22-10-12-28-62(56)69(3,63(58)43-47)49-18-5-4-6-19-49/h4-43H,1-3H3. The summed E-state index contributed by atoms with van der Waals surface area (Å²) in [5.74, 6) is 0. The molecule has 0 radical (unpaired) electrons. The number of hydrogen-bond acceptors (Lipinski definition) is 2. The Bertz CT molecular complexity index is 4080. The molecule has 14 rings (SSSR count). The molecule has 0 amide bonds. The summed E-state index contributed by atoms with van der Waals surface area (Å²) in [6.45, 7) is 7.12. The van der Waals surface area contributed by atoms with Gasteiger partial charge in [0.2, 0.25) is 0 Å². The van der Waals surface area contributed by atoms with Gasteiger partial charge in [-0.15, -0.1) is 0 Å². The molecule has 2 heteroatoms. The SMILES string of the molecule is CC1(C)c2ccccc2-c2cccc(-c3ccc(N(c4ccc(-c5ccc6c(c5)C(C)(c5ccccc5)c5ccccc5-6)cc4)c4cccc(-c5cccc6oc7c8ccccc8ccc7c56)c4)cc3)c21. The minimum absolute atomic E-state index is 0.116. The van der Waals surface area contributed by atoms with E-state index in [1.165, 1.54) is 77.7 Å². The molecule has 2 nitrogen and oxygen atoms in total. The van der Waals surface area contributed by atoms with E-state index < -0.39 is 0 Å². The Hall–Kier alpha value is -8.72. The summed E-state index contributed by atoms with van der Waals surface area (Å²) in [5, 5.41) is 4.56. The number of nitrogens with zero attached hydrogens (tertiary/aromatic N) is 1. The van der Waals surface area contributed by atoms with Crippen LogP contribution in [-0.2, 0) is 10.8 Å². The average molecular weight is 908 g/mol. The smallest absolute Gasteiger partial charge is 0.143 e. The number of fused-ring (bicyclic) bond motifs is 11. The molecule has 0 aliphatic heterocycles. The molecule has 71 heavy (non-hydrogen) atoms. The van der Waals surface area contributed by atoms with E-state index in [-0.39, 0.29) is 10.8 Å². The minimum atomic E-state index is -0.266. The van der Waals surface area contributed by atoms with Crippen molar-refractivity contribution < 1.29 is 4.42 Å². The number of hydrogen-bond donors (Lipinski definition) is 0. The first-order chi connectivity index (χ1) is 34.8. The number of rotatable bonds is 7. The Morgan fingerprint density at radius 2 is 0.958 bits per heavy atom. The molecular weight excluding hydrogens is 859 g/mol. The maximum atomic E-state index is 6.66. The van der Waals surface area contributed by atoms with Gasteiger partial charge in [-0.05, 0) is 150 Å². The van der Waals surface area contributed by atoms with Crippen LogP contribution in [0.2, 0.25) is 0 Å². The average Bonchev–Trinajstić information content (AvgIpc) is 4.03. The predicted molar refractivity (Wildman–Crippen MR) is 297 cm³/mol. The summed E-state index contributed by atoms with van der Waals surface area (Å²) >= 11 is 0. The number of benzene rings is 11. The van der Waals surface area contributed by atoms with Crippen molar-refractivity contribution in [3.63, 3.8) is 0 Å². The van der Waals surface area contributed by atoms with Crippen LogP contribution < -0.4 is 4.90 Å². The van der Waals surface area contributed by atoms with Crippen LogP contribution in [0.15, 0.2) is 247 Å². The first-order valence-corrected chi connectivity index (χ1v) is 24.8. The third-order valence-corrected chi connectivity index (χ3v) is 15.9. The Morgan fingerprint density at radius 1 is 0.352 bits per heavy atom. The third kappa shape index (κ3) is 6.21. The van der Waals surface area contributed by atoms with Gasteiger partial charge in [0, 0.05) is 44.1 Å². The predicted octanol–water partition coefficient (Wildman–Crippen LogP) is 18.9. The molecule has 0 bridgehead atoms. The maximum absolute atomic E-state index is 6.66. The molecule has 1 heterocycles. The molecule has 2 aliphatic carbocycles. The van der Waals surface area contributed by atoms with Crippen LogP contribution >= 0.6 is 0 Å². The Morgan fingerprint density at radius 3 is 1.76 bits per heavy atom. The first kappa shape index (κ1) is 41.3. The van der Waals surface area contributed by atoms with Crippen molar-refractivity contribution in [2.45, 2.75) is 31.6 Å². The van der Waals surface area contributed by atoms with E-state index in [9.17, 15) is 0 Å². The van der Waals surface area contributed by atoms with Crippen molar-refractivity contribution in [1.29, 1.82) is 0 Å². The second-order valence-corrected chi connectivity index (χ2v) is 20.1. The molecule has 12 aromatic rings. The van der Waals surface area contributed by atoms with Crippen LogP contribution in [-0.4, -0.2) is 0 Å². The highest BCUT2D eigenvalue weighted by molar-refractivity contribution is 6.19. The van der Waals surface area contributed by atoms with Gasteiger partial charge in [-0.25, -0.2) is 0 Å². The molecule has 0 saturated carbocycles. The van der Waals surface area contributed by atoms with Crippen LogP contribution in [0.4, 0.5) is 17.1 Å². The highest BCUT2D eigenvalue weighted by Crippen LogP contribution is 2.54. The molecule has 2 aliphatic rings.